The molecule has 1 unspecified atom stereocenters. The molecular formula is C20H20BrP. The van der Waals surface area contributed by atoms with Crippen LogP contribution in [0.3, 0.4) is 0 Å². The molecule has 0 saturated carbocycles. The monoisotopic (exact) mass is 370 g/mol. The van der Waals surface area contributed by atoms with Crippen molar-refractivity contribution in [1.82, 2.24) is 0 Å². The summed E-state index contributed by atoms with van der Waals surface area (Å²) in [6.45, 7) is 0. The van der Waals surface area contributed by atoms with Crippen LogP contribution in [0.4, 0.5) is 0 Å². The number of halogens is 1. The van der Waals surface area contributed by atoms with Crippen LogP contribution in [-0.4, -0.2) is 5.33 Å². The van der Waals surface area contributed by atoms with E-state index in [4.69, 9.17) is 0 Å². The Morgan fingerprint density at radius 3 is 1.05 bits per heavy atom. The van der Waals surface area contributed by atoms with Crippen LogP contribution in [0.1, 0.15) is 16.7 Å². The second kappa shape index (κ2) is 7.72. The van der Waals surface area contributed by atoms with Gasteiger partial charge in [-0.1, -0.05) is 107 Å². The molecule has 0 aliphatic rings. The Kier molecular flexibility index (Phi) is 5.94. The molecule has 0 N–H and O–H groups in total. The summed E-state index contributed by atoms with van der Waals surface area (Å²) in [5.74, 6) is 0. The number of hydrogen-bond acceptors (Lipinski definition) is 0. The van der Waals surface area contributed by atoms with Crippen molar-refractivity contribution in [3.8, 4) is 0 Å². The lowest BCUT2D eigenvalue weighted by Gasteiger charge is -2.34. The zero-order chi connectivity index (χ0) is 14.5. The number of rotatable bonds is 4. The van der Waals surface area contributed by atoms with Gasteiger partial charge in [0.25, 0.3) is 0 Å². The maximum Gasteiger partial charge on any atom is 0.0547 e. The van der Waals surface area contributed by atoms with E-state index in [9.17, 15) is 0 Å². The average Bonchev–Trinajstić information content (AvgIpc) is 2.59. The van der Waals surface area contributed by atoms with Crippen molar-refractivity contribution in [2.45, 2.75) is 5.41 Å². The van der Waals surface area contributed by atoms with Gasteiger partial charge in [-0.05, 0) is 16.7 Å². The molecule has 3 aromatic rings. The molecule has 0 radical (unpaired) electrons. The molecular weight excluding hydrogens is 351 g/mol. The molecule has 0 aliphatic heterocycles. The normalized spacial score (nSPS) is 10.8. The Balaban J connectivity index is 0.00000176. The summed E-state index contributed by atoms with van der Waals surface area (Å²) in [6.07, 6.45) is 0. The Hall–Kier alpha value is -1.43. The third-order valence-corrected chi connectivity index (χ3v) is 4.84. The summed E-state index contributed by atoms with van der Waals surface area (Å²) in [4.78, 5) is 0. The van der Waals surface area contributed by atoms with E-state index in [1.165, 1.54) is 16.7 Å². The summed E-state index contributed by atoms with van der Waals surface area (Å²) in [7, 11) is 0. The summed E-state index contributed by atoms with van der Waals surface area (Å²) in [5.41, 5.74) is 3.75. The van der Waals surface area contributed by atoms with Gasteiger partial charge >= 0.3 is 0 Å². The quantitative estimate of drug-likeness (QED) is 0.324. The van der Waals surface area contributed by atoms with Crippen molar-refractivity contribution in [3.05, 3.63) is 108 Å². The second-order valence-electron chi connectivity index (χ2n) is 5.14. The SMILES string of the molecule is BrCC(c1ccccc1)(c1ccccc1)c1ccccc1.P. The lowest BCUT2D eigenvalue weighted by molar-refractivity contribution is 0.710. The topological polar surface area (TPSA) is 0 Å². The summed E-state index contributed by atoms with van der Waals surface area (Å²) >= 11 is 3.78. The fourth-order valence-corrected chi connectivity index (χ4v) is 3.87. The molecule has 0 spiro atoms. The molecule has 3 rings (SSSR count). The smallest absolute Gasteiger partial charge is 0.0547 e. The van der Waals surface area contributed by atoms with Gasteiger partial charge < -0.3 is 0 Å². The van der Waals surface area contributed by atoms with E-state index in [1.807, 2.05) is 0 Å². The largest absolute Gasteiger partial charge is 0.153 e. The van der Waals surface area contributed by atoms with Crippen LogP contribution in [0.25, 0.3) is 0 Å². The molecule has 22 heavy (non-hydrogen) atoms. The first-order valence-corrected chi connectivity index (χ1v) is 8.22. The second-order valence-corrected chi connectivity index (χ2v) is 5.70. The van der Waals surface area contributed by atoms with Crippen molar-refractivity contribution >= 4 is 25.8 Å². The van der Waals surface area contributed by atoms with Gasteiger partial charge in [0.2, 0.25) is 0 Å². The van der Waals surface area contributed by atoms with Gasteiger partial charge in [0.15, 0.2) is 0 Å². The minimum absolute atomic E-state index is 0. The van der Waals surface area contributed by atoms with E-state index in [1.54, 1.807) is 0 Å². The van der Waals surface area contributed by atoms with Crippen LogP contribution in [0, 0.1) is 0 Å². The fraction of sp³-hybridized carbons (Fsp3) is 0.100. The van der Waals surface area contributed by atoms with Crippen molar-refractivity contribution in [3.63, 3.8) is 0 Å². The number of benzene rings is 3. The minimum atomic E-state index is -0.163. The van der Waals surface area contributed by atoms with E-state index in [0.29, 0.717) is 0 Å². The summed E-state index contributed by atoms with van der Waals surface area (Å²) < 4.78 is 0. The van der Waals surface area contributed by atoms with Gasteiger partial charge in [0.05, 0.1) is 5.41 Å². The third kappa shape index (κ3) is 3.02. The lowest BCUT2D eigenvalue weighted by Crippen LogP contribution is -2.31. The molecule has 0 fully saturated rings. The lowest BCUT2D eigenvalue weighted by atomic mass is 9.71. The molecule has 0 aromatic heterocycles. The maximum atomic E-state index is 3.78. The summed E-state index contributed by atoms with van der Waals surface area (Å²) in [5, 5.41) is 0.845. The zero-order valence-electron chi connectivity index (χ0n) is 12.5. The van der Waals surface area contributed by atoms with Gasteiger partial charge in [-0.2, -0.15) is 9.90 Å². The molecule has 0 saturated heterocycles. The first-order chi connectivity index (χ1) is 10.4. The fourth-order valence-electron chi connectivity index (χ4n) is 2.90. The number of hydrogen-bond donors (Lipinski definition) is 0. The maximum absolute atomic E-state index is 3.78. The molecule has 2 heteroatoms. The van der Waals surface area contributed by atoms with Crippen LogP contribution in [0.15, 0.2) is 91.0 Å². The van der Waals surface area contributed by atoms with Crippen LogP contribution < -0.4 is 0 Å². The van der Waals surface area contributed by atoms with Crippen molar-refractivity contribution in [2.24, 2.45) is 0 Å². The molecule has 0 aliphatic carbocycles. The predicted molar refractivity (Wildman–Crippen MR) is 104 cm³/mol. The molecule has 0 heterocycles. The van der Waals surface area contributed by atoms with Gasteiger partial charge in [0, 0.05) is 5.33 Å². The Bertz CT molecular complexity index is 584. The standard InChI is InChI=1S/C20H17Br.H3P/c21-16-20(17-10-4-1-5-11-17,18-12-6-2-7-13-18)19-14-8-3-9-15-19;/h1-15H,16H2;1H3. The third-order valence-electron chi connectivity index (χ3n) is 4.00. The highest BCUT2D eigenvalue weighted by molar-refractivity contribution is 9.09. The summed E-state index contributed by atoms with van der Waals surface area (Å²) in [6, 6.07) is 32.1. The van der Waals surface area contributed by atoms with Gasteiger partial charge in [-0.3, -0.25) is 0 Å². The molecule has 0 nitrogen and oxygen atoms in total. The molecule has 3 aromatic carbocycles. The Morgan fingerprint density at radius 1 is 0.545 bits per heavy atom. The van der Waals surface area contributed by atoms with Crippen LogP contribution in [0.2, 0.25) is 0 Å². The minimum Gasteiger partial charge on any atom is -0.153 e. The van der Waals surface area contributed by atoms with Gasteiger partial charge in [0.1, 0.15) is 0 Å². The zero-order valence-corrected chi connectivity index (χ0v) is 15.5. The van der Waals surface area contributed by atoms with E-state index >= 15 is 0 Å². The predicted octanol–water partition coefficient (Wildman–Crippen LogP) is 5.47. The molecule has 0 amide bonds. The van der Waals surface area contributed by atoms with E-state index in [0.717, 1.165) is 5.33 Å². The van der Waals surface area contributed by atoms with Crippen molar-refractivity contribution in [2.75, 3.05) is 5.33 Å². The highest BCUT2D eigenvalue weighted by Crippen LogP contribution is 2.40. The number of alkyl halides is 1. The average molecular weight is 371 g/mol. The Labute approximate surface area is 144 Å². The van der Waals surface area contributed by atoms with Crippen LogP contribution in [0.5, 0.6) is 0 Å². The Morgan fingerprint density at radius 2 is 0.818 bits per heavy atom. The van der Waals surface area contributed by atoms with Gasteiger partial charge in [-0.25, -0.2) is 0 Å². The van der Waals surface area contributed by atoms with Crippen LogP contribution in [-0.2, 0) is 5.41 Å². The van der Waals surface area contributed by atoms with Crippen molar-refractivity contribution in [1.29, 1.82) is 0 Å². The van der Waals surface area contributed by atoms with E-state index in [-0.39, 0.29) is 15.3 Å². The van der Waals surface area contributed by atoms with Crippen LogP contribution >= 0.6 is 25.8 Å². The molecule has 1 atom stereocenters. The molecule has 0 bridgehead atoms. The van der Waals surface area contributed by atoms with E-state index < -0.39 is 0 Å². The highest BCUT2D eigenvalue weighted by Gasteiger charge is 2.34. The molecule has 112 valence electrons. The first-order valence-electron chi connectivity index (χ1n) is 7.10. The highest BCUT2D eigenvalue weighted by atomic mass is 79.9. The van der Waals surface area contributed by atoms with Gasteiger partial charge in [-0.15, -0.1) is 0 Å². The van der Waals surface area contributed by atoms with Crippen molar-refractivity contribution < 1.29 is 0 Å². The first kappa shape index (κ1) is 16.9. The van der Waals surface area contributed by atoms with E-state index in [2.05, 4.69) is 107 Å².